The van der Waals surface area contributed by atoms with Gasteiger partial charge in [-0.1, -0.05) is 55.1 Å². The number of benzene rings is 2. The molecule has 0 unspecified atom stereocenters. The monoisotopic (exact) mass is 388 g/mol. The van der Waals surface area contributed by atoms with Gasteiger partial charge in [-0.05, 0) is 40.2 Å². The van der Waals surface area contributed by atoms with Gasteiger partial charge in [-0.15, -0.1) is 0 Å². The van der Waals surface area contributed by atoms with Crippen LogP contribution in [0.3, 0.4) is 0 Å². The Balaban J connectivity index is 2.24. The lowest BCUT2D eigenvalue weighted by molar-refractivity contribution is 0.265. The summed E-state index contributed by atoms with van der Waals surface area (Å²) in [5, 5.41) is 2.19. The summed E-state index contributed by atoms with van der Waals surface area (Å²) in [4.78, 5) is 0. The first-order valence-corrected chi connectivity index (χ1v) is 13.1. The molecule has 26 heavy (non-hydrogen) atoms. The second-order valence-corrected chi connectivity index (χ2v) is 12.9. The maximum absolute atomic E-state index is 5.60. The quantitative estimate of drug-likeness (QED) is 0.652. The third-order valence-electron chi connectivity index (χ3n) is 5.07. The summed E-state index contributed by atoms with van der Waals surface area (Å²) in [6, 6.07) is 16.5. The smallest absolute Gasteiger partial charge is 0.368 e. The van der Waals surface area contributed by atoms with E-state index in [0.717, 1.165) is 27.1 Å². The molecular formula is C20H28O4Si2. The van der Waals surface area contributed by atoms with Crippen LogP contribution in [0, 0.1) is 0 Å². The van der Waals surface area contributed by atoms with Crippen molar-refractivity contribution in [2.24, 2.45) is 0 Å². The van der Waals surface area contributed by atoms with Crippen LogP contribution in [0.15, 0.2) is 55.1 Å². The summed E-state index contributed by atoms with van der Waals surface area (Å²) in [5.41, 5.74) is 3.12. The fourth-order valence-corrected chi connectivity index (χ4v) is 5.57. The van der Waals surface area contributed by atoms with Crippen molar-refractivity contribution in [3.63, 3.8) is 0 Å². The third-order valence-corrected chi connectivity index (χ3v) is 11.0. The van der Waals surface area contributed by atoms with E-state index in [1.807, 2.05) is 13.1 Å². The minimum absolute atomic E-state index is 0.972. The van der Waals surface area contributed by atoms with Crippen molar-refractivity contribution in [2.45, 2.75) is 13.1 Å². The Morgan fingerprint density at radius 3 is 1.12 bits per heavy atom. The second-order valence-electron chi connectivity index (χ2n) is 6.34. The molecule has 0 fully saturated rings. The van der Waals surface area contributed by atoms with Gasteiger partial charge in [0, 0.05) is 28.4 Å². The summed E-state index contributed by atoms with van der Waals surface area (Å²) >= 11 is 0. The van der Waals surface area contributed by atoms with Crippen molar-refractivity contribution < 1.29 is 17.7 Å². The molecule has 0 radical (unpaired) electrons. The Morgan fingerprint density at radius 2 is 0.885 bits per heavy atom. The molecule has 0 N–H and O–H groups in total. The Labute approximate surface area is 158 Å². The molecule has 140 valence electrons. The highest BCUT2D eigenvalue weighted by Gasteiger charge is 2.32. The Morgan fingerprint density at radius 1 is 0.615 bits per heavy atom. The van der Waals surface area contributed by atoms with Crippen molar-refractivity contribution in [2.75, 3.05) is 28.4 Å². The molecule has 2 aromatic carbocycles. The number of hydrogen-bond acceptors (Lipinski definition) is 4. The molecule has 0 saturated heterocycles. The molecule has 0 amide bonds. The van der Waals surface area contributed by atoms with Gasteiger partial charge in [0.1, 0.15) is 0 Å². The van der Waals surface area contributed by atoms with E-state index in [0.29, 0.717) is 0 Å². The lowest BCUT2D eigenvalue weighted by atomic mass is 10.00. The summed E-state index contributed by atoms with van der Waals surface area (Å²) in [5.74, 6) is 0. The molecule has 0 spiro atoms. The van der Waals surface area contributed by atoms with Crippen molar-refractivity contribution in [3.8, 4) is 0 Å². The fraction of sp³-hybridized carbons (Fsp3) is 0.300. The van der Waals surface area contributed by atoms with Crippen LogP contribution >= 0.6 is 0 Å². The largest absolute Gasteiger partial charge is 0.394 e. The van der Waals surface area contributed by atoms with E-state index < -0.39 is 17.1 Å². The van der Waals surface area contributed by atoms with Gasteiger partial charge in [-0.2, -0.15) is 0 Å². The summed E-state index contributed by atoms with van der Waals surface area (Å²) in [7, 11) is 2.18. The summed E-state index contributed by atoms with van der Waals surface area (Å²) in [6.45, 7) is 8.32. The highest BCUT2D eigenvalue weighted by atomic mass is 28.4. The molecule has 0 atom stereocenters. The standard InChI is InChI=1S/C20H28O4Si2/c1-16(17-8-12-19(13-9-17)25(6,21-2)22-3)18-10-14-20(15-11-18)26(7,23-4)24-5/h8-15H,1H2,2-7H3. The topological polar surface area (TPSA) is 36.9 Å². The van der Waals surface area contributed by atoms with Gasteiger partial charge in [-0.3, -0.25) is 0 Å². The molecule has 0 heterocycles. The predicted molar refractivity (Wildman–Crippen MR) is 112 cm³/mol. The minimum atomic E-state index is -2.30. The van der Waals surface area contributed by atoms with Crippen molar-refractivity contribution >= 4 is 33.1 Å². The highest BCUT2D eigenvalue weighted by Crippen LogP contribution is 2.21. The van der Waals surface area contributed by atoms with E-state index in [1.54, 1.807) is 28.4 Å². The first-order chi connectivity index (χ1) is 12.3. The Kier molecular flexibility index (Phi) is 6.73. The lowest BCUT2D eigenvalue weighted by Gasteiger charge is -2.24. The van der Waals surface area contributed by atoms with E-state index >= 15 is 0 Å². The zero-order valence-corrected chi connectivity index (χ0v) is 18.5. The van der Waals surface area contributed by atoms with Crippen LogP contribution < -0.4 is 10.4 Å². The van der Waals surface area contributed by atoms with Gasteiger partial charge < -0.3 is 17.7 Å². The van der Waals surface area contributed by atoms with Crippen LogP contribution in [0.1, 0.15) is 11.1 Å². The number of rotatable bonds is 8. The minimum Gasteiger partial charge on any atom is -0.394 e. The first kappa shape index (κ1) is 20.8. The maximum atomic E-state index is 5.60. The summed E-state index contributed by atoms with van der Waals surface area (Å²) < 4.78 is 22.4. The second kappa shape index (κ2) is 8.43. The first-order valence-electron chi connectivity index (χ1n) is 8.45. The molecule has 0 aliphatic carbocycles. The molecule has 0 aliphatic heterocycles. The van der Waals surface area contributed by atoms with Crippen LogP contribution in [-0.4, -0.2) is 45.6 Å². The van der Waals surface area contributed by atoms with Crippen molar-refractivity contribution in [3.05, 3.63) is 66.2 Å². The third kappa shape index (κ3) is 4.06. The van der Waals surface area contributed by atoms with Crippen LogP contribution in [0.5, 0.6) is 0 Å². The number of hydrogen-bond donors (Lipinski definition) is 0. The van der Waals surface area contributed by atoms with Gasteiger partial charge in [0.25, 0.3) is 0 Å². The summed E-state index contributed by atoms with van der Waals surface area (Å²) in [6.07, 6.45) is 0. The van der Waals surface area contributed by atoms with Crippen molar-refractivity contribution in [1.82, 2.24) is 0 Å². The molecule has 2 rings (SSSR count). The van der Waals surface area contributed by atoms with E-state index in [2.05, 4.69) is 55.1 Å². The Hall–Kier alpha value is -1.55. The average Bonchev–Trinajstić information content (AvgIpc) is 2.72. The van der Waals surface area contributed by atoms with E-state index in [4.69, 9.17) is 17.7 Å². The molecule has 0 aliphatic rings. The Bertz CT molecular complexity index is 670. The molecule has 4 nitrogen and oxygen atoms in total. The molecule has 6 heteroatoms. The van der Waals surface area contributed by atoms with E-state index in [9.17, 15) is 0 Å². The highest BCUT2D eigenvalue weighted by molar-refractivity contribution is 6.80. The van der Waals surface area contributed by atoms with Gasteiger partial charge in [0.15, 0.2) is 0 Å². The van der Waals surface area contributed by atoms with E-state index in [1.165, 1.54) is 0 Å². The zero-order chi connectivity index (χ0) is 19.4. The van der Waals surface area contributed by atoms with Crippen LogP contribution in [-0.2, 0) is 17.7 Å². The predicted octanol–water partition coefficient (Wildman–Crippen LogP) is 2.89. The average molecular weight is 389 g/mol. The van der Waals surface area contributed by atoms with Gasteiger partial charge in [-0.25, -0.2) is 0 Å². The molecule has 0 saturated carbocycles. The zero-order valence-electron chi connectivity index (χ0n) is 16.5. The van der Waals surface area contributed by atoms with Gasteiger partial charge >= 0.3 is 17.1 Å². The normalized spacial score (nSPS) is 12.2. The van der Waals surface area contributed by atoms with Crippen LogP contribution in [0.2, 0.25) is 13.1 Å². The van der Waals surface area contributed by atoms with Crippen molar-refractivity contribution in [1.29, 1.82) is 0 Å². The molecule has 0 aromatic heterocycles. The van der Waals surface area contributed by atoms with E-state index in [-0.39, 0.29) is 0 Å². The van der Waals surface area contributed by atoms with Crippen LogP contribution in [0.4, 0.5) is 0 Å². The van der Waals surface area contributed by atoms with Crippen LogP contribution in [0.25, 0.3) is 5.57 Å². The molecule has 2 aromatic rings. The molecular weight excluding hydrogens is 360 g/mol. The fourth-order valence-electron chi connectivity index (χ4n) is 2.75. The molecule has 0 bridgehead atoms. The van der Waals surface area contributed by atoms with Gasteiger partial charge in [0.05, 0.1) is 0 Å². The maximum Gasteiger partial charge on any atom is 0.368 e. The SMILES string of the molecule is C=C(c1ccc([Si](C)(OC)OC)cc1)c1ccc([Si](C)(OC)OC)cc1. The lowest BCUT2D eigenvalue weighted by Crippen LogP contribution is -2.49. The van der Waals surface area contributed by atoms with Gasteiger partial charge in [0.2, 0.25) is 0 Å².